The van der Waals surface area contributed by atoms with Crippen LogP contribution in [0, 0.1) is 23.3 Å². The predicted octanol–water partition coefficient (Wildman–Crippen LogP) is 3.19. The topological polar surface area (TPSA) is 61.2 Å². The lowest BCUT2D eigenvalue weighted by atomic mass is 10.1. The van der Waals surface area contributed by atoms with Crippen molar-refractivity contribution in [1.29, 1.82) is 0 Å². The number of nitrogens with zero attached hydrogens (tertiary/aromatic N) is 2. The minimum atomic E-state index is -1.72. The molecule has 9 heteroatoms. The molecule has 3 rings (SSSR count). The molecule has 0 aliphatic rings. The summed E-state index contributed by atoms with van der Waals surface area (Å²) in [6.45, 7) is 1.62. The molecule has 0 aliphatic carbocycles. The third kappa shape index (κ3) is 2.92. The van der Waals surface area contributed by atoms with Gasteiger partial charge in [0.15, 0.2) is 17.5 Å². The monoisotopic (exact) mass is 366 g/mol. The van der Waals surface area contributed by atoms with Crippen molar-refractivity contribution >= 4 is 16.9 Å². The standard InChI is InChI=1S/C17H10F4N2O3/c1-2-23-7-10(17(25)26-12-4-3-8(18)6-22-12)16(24)9-5-11(19)13(20)14(21)15(9)23/h3-7H,2H2,1H3. The molecule has 0 saturated carbocycles. The zero-order chi connectivity index (χ0) is 19.0. The van der Waals surface area contributed by atoms with Crippen molar-refractivity contribution in [1.82, 2.24) is 9.55 Å². The molecular formula is C17H10F4N2O3. The molecule has 0 amide bonds. The number of pyridine rings is 2. The number of carbonyl (C=O) groups excluding carboxylic acids is 1. The smallest absolute Gasteiger partial charge is 0.350 e. The van der Waals surface area contributed by atoms with Gasteiger partial charge in [0.2, 0.25) is 11.3 Å². The first-order chi connectivity index (χ1) is 12.3. The molecule has 0 saturated heterocycles. The van der Waals surface area contributed by atoms with E-state index < -0.39 is 51.1 Å². The van der Waals surface area contributed by atoms with Crippen molar-refractivity contribution < 1.29 is 27.1 Å². The maximum Gasteiger partial charge on any atom is 0.350 e. The minimum absolute atomic E-state index is 0.0633. The van der Waals surface area contributed by atoms with Crippen LogP contribution in [-0.2, 0) is 6.54 Å². The highest BCUT2D eigenvalue weighted by Crippen LogP contribution is 2.22. The van der Waals surface area contributed by atoms with E-state index in [4.69, 9.17) is 4.74 Å². The number of esters is 1. The summed E-state index contributed by atoms with van der Waals surface area (Å²) in [5.41, 5.74) is -2.03. The van der Waals surface area contributed by atoms with E-state index in [1.807, 2.05) is 0 Å². The largest absolute Gasteiger partial charge is 0.404 e. The second-order valence-corrected chi connectivity index (χ2v) is 5.24. The molecule has 134 valence electrons. The summed E-state index contributed by atoms with van der Waals surface area (Å²) >= 11 is 0. The third-order valence-corrected chi connectivity index (χ3v) is 3.66. The molecule has 0 bridgehead atoms. The number of halogens is 4. The molecule has 0 atom stereocenters. The molecule has 0 radical (unpaired) electrons. The average molecular weight is 366 g/mol. The Morgan fingerprint density at radius 1 is 1.19 bits per heavy atom. The fourth-order valence-corrected chi connectivity index (χ4v) is 2.43. The van der Waals surface area contributed by atoms with Crippen LogP contribution in [0.4, 0.5) is 17.6 Å². The number of aryl methyl sites for hydroxylation is 1. The summed E-state index contributed by atoms with van der Waals surface area (Å²) in [5.74, 6) is -6.87. The predicted molar refractivity (Wildman–Crippen MR) is 82.9 cm³/mol. The first kappa shape index (κ1) is 17.6. The number of rotatable bonds is 3. The van der Waals surface area contributed by atoms with E-state index in [0.29, 0.717) is 6.07 Å². The van der Waals surface area contributed by atoms with Crippen molar-refractivity contribution in [2.24, 2.45) is 0 Å². The number of carbonyl (C=O) groups is 1. The van der Waals surface area contributed by atoms with Crippen LogP contribution in [0.5, 0.6) is 5.88 Å². The van der Waals surface area contributed by atoms with E-state index in [9.17, 15) is 27.2 Å². The van der Waals surface area contributed by atoms with E-state index in [1.54, 1.807) is 6.92 Å². The molecule has 0 N–H and O–H groups in total. The van der Waals surface area contributed by atoms with Crippen LogP contribution in [0.2, 0.25) is 0 Å². The van der Waals surface area contributed by atoms with Gasteiger partial charge in [-0.1, -0.05) is 0 Å². The van der Waals surface area contributed by atoms with Gasteiger partial charge in [0.25, 0.3) is 0 Å². The van der Waals surface area contributed by atoms with Gasteiger partial charge in [-0.2, -0.15) is 0 Å². The van der Waals surface area contributed by atoms with E-state index >= 15 is 0 Å². The number of ether oxygens (including phenoxy) is 1. The fourth-order valence-electron chi connectivity index (χ4n) is 2.43. The Balaban J connectivity index is 2.16. The van der Waals surface area contributed by atoms with E-state index in [0.717, 1.165) is 29.1 Å². The van der Waals surface area contributed by atoms with Crippen molar-refractivity contribution in [3.05, 3.63) is 69.6 Å². The van der Waals surface area contributed by atoms with Crippen LogP contribution in [0.3, 0.4) is 0 Å². The van der Waals surface area contributed by atoms with Crippen LogP contribution >= 0.6 is 0 Å². The van der Waals surface area contributed by atoms with Crippen LogP contribution in [0.25, 0.3) is 10.9 Å². The van der Waals surface area contributed by atoms with Gasteiger partial charge in [-0.15, -0.1) is 0 Å². The summed E-state index contributed by atoms with van der Waals surface area (Å²) in [4.78, 5) is 28.2. The van der Waals surface area contributed by atoms with Crippen molar-refractivity contribution in [2.45, 2.75) is 13.5 Å². The van der Waals surface area contributed by atoms with Gasteiger partial charge >= 0.3 is 5.97 Å². The molecular weight excluding hydrogens is 356 g/mol. The molecule has 5 nitrogen and oxygen atoms in total. The highest BCUT2D eigenvalue weighted by molar-refractivity contribution is 5.95. The Bertz CT molecular complexity index is 1080. The van der Waals surface area contributed by atoms with Crippen LogP contribution < -0.4 is 10.2 Å². The van der Waals surface area contributed by atoms with E-state index in [2.05, 4.69) is 4.98 Å². The van der Waals surface area contributed by atoms with Gasteiger partial charge in [0, 0.05) is 18.8 Å². The molecule has 2 aromatic heterocycles. The molecule has 3 aromatic rings. The number of hydrogen-bond donors (Lipinski definition) is 0. The SMILES string of the molecule is CCn1cc(C(=O)Oc2ccc(F)cn2)c(=O)c2cc(F)c(F)c(F)c21. The zero-order valence-corrected chi connectivity index (χ0v) is 13.2. The van der Waals surface area contributed by atoms with Crippen molar-refractivity contribution in [3.63, 3.8) is 0 Å². The normalized spacial score (nSPS) is 11.0. The quantitative estimate of drug-likeness (QED) is 0.406. The first-order valence-corrected chi connectivity index (χ1v) is 7.37. The van der Waals surface area contributed by atoms with Gasteiger partial charge < -0.3 is 9.30 Å². The maximum atomic E-state index is 14.1. The van der Waals surface area contributed by atoms with Crippen molar-refractivity contribution in [3.8, 4) is 5.88 Å². The summed E-state index contributed by atoms with van der Waals surface area (Å²) in [5, 5.41) is -0.509. The maximum absolute atomic E-state index is 14.1. The van der Waals surface area contributed by atoms with Gasteiger partial charge in [0.05, 0.1) is 17.1 Å². The van der Waals surface area contributed by atoms with Gasteiger partial charge in [0.1, 0.15) is 11.4 Å². The molecule has 0 fully saturated rings. The summed E-state index contributed by atoms with van der Waals surface area (Å²) in [7, 11) is 0. The van der Waals surface area contributed by atoms with Crippen LogP contribution in [0.15, 0.2) is 35.4 Å². The van der Waals surface area contributed by atoms with Crippen LogP contribution in [0.1, 0.15) is 17.3 Å². The summed E-state index contributed by atoms with van der Waals surface area (Å²) in [6.07, 6.45) is 1.79. The fraction of sp³-hybridized carbons (Fsp3) is 0.118. The highest BCUT2D eigenvalue weighted by atomic mass is 19.2. The summed E-state index contributed by atoms with van der Waals surface area (Å²) < 4.78 is 59.9. The molecule has 1 aromatic carbocycles. The average Bonchev–Trinajstić information content (AvgIpc) is 2.62. The molecule has 2 heterocycles. The molecule has 26 heavy (non-hydrogen) atoms. The first-order valence-electron chi connectivity index (χ1n) is 7.37. The molecule has 0 aliphatic heterocycles. The lowest BCUT2D eigenvalue weighted by Gasteiger charge is -2.12. The lowest BCUT2D eigenvalue weighted by Crippen LogP contribution is -2.23. The Hall–Kier alpha value is -3.23. The van der Waals surface area contributed by atoms with E-state index in [-0.39, 0.29) is 12.4 Å². The number of fused-ring (bicyclic) bond motifs is 1. The van der Waals surface area contributed by atoms with Crippen molar-refractivity contribution in [2.75, 3.05) is 0 Å². The minimum Gasteiger partial charge on any atom is -0.404 e. The Morgan fingerprint density at radius 3 is 2.54 bits per heavy atom. The van der Waals surface area contributed by atoms with Gasteiger partial charge in [-0.3, -0.25) is 4.79 Å². The van der Waals surface area contributed by atoms with Gasteiger partial charge in [-0.25, -0.2) is 27.3 Å². The summed E-state index contributed by atoms with van der Waals surface area (Å²) in [6, 6.07) is 2.59. The van der Waals surface area contributed by atoms with Gasteiger partial charge in [-0.05, 0) is 19.1 Å². The Labute approximate surface area is 143 Å². The lowest BCUT2D eigenvalue weighted by molar-refractivity contribution is 0.0725. The number of benzene rings is 1. The molecule has 0 spiro atoms. The number of aromatic nitrogens is 2. The zero-order valence-electron chi connectivity index (χ0n) is 13.2. The van der Waals surface area contributed by atoms with E-state index in [1.165, 1.54) is 0 Å². The second kappa shape index (κ2) is 6.58. The third-order valence-electron chi connectivity index (χ3n) is 3.66. The Kier molecular flexibility index (Phi) is 4.45. The number of hydrogen-bond acceptors (Lipinski definition) is 4. The molecule has 0 unspecified atom stereocenters. The highest BCUT2D eigenvalue weighted by Gasteiger charge is 2.23. The Morgan fingerprint density at radius 2 is 1.92 bits per heavy atom. The second-order valence-electron chi connectivity index (χ2n) is 5.24. The van der Waals surface area contributed by atoms with Crippen LogP contribution in [-0.4, -0.2) is 15.5 Å².